The smallest absolute Gasteiger partial charge is 0.305 e. The zero-order valence-corrected chi connectivity index (χ0v) is 43.2. The van der Waals surface area contributed by atoms with E-state index in [2.05, 4.69) is 98.6 Å². The van der Waals surface area contributed by atoms with Gasteiger partial charge in [-0.05, 0) is 123 Å². The van der Waals surface area contributed by atoms with E-state index in [1.807, 2.05) is 14.1 Å². The number of esters is 1. The summed E-state index contributed by atoms with van der Waals surface area (Å²) >= 11 is 0. The van der Waals surface area contributed by atoms with E-state index in [0.29, 0.717) is 26.1 Å². The molecule has 0 aromatic carbocycles. The summed E-state index contributed by atoms with van der Waals surface area (Å²) < 4.78 is 12.4. The van der Waals surface area contributed by atoms with E-state index in [4.69, 9.17) is 9.47 Å². The number of carbonyl (C=O) groups excluding carboxylic acids is 1. The van der Waals surface area contributed by atoms with Gasteiger partial charge in [-0.15, -0.1) is 0 Å². The van der Waals surface area contributed by atoms with E-state index >= 15 is 0 Å². The van der Waals surface area contributed by atoms with Crippen LogP contribution >= 0.6 is 0 Å². The Bertz CT molecular complexity index is 1150. The van der Waals surface area contributed by atoms with Crippen LogP contribution in [0, 0.1) is 0 Å². The van der Waals surface area contributed by atoms with Crippen LogP contribution < -0.4 is 0 Å². The van der Waals surface area contributed by atoms with Gasteiger partial charge in [0.1, 0.15) is 0 Å². The van der Waals surface area contributed by atoms with Crippen molar-refractivity contribution in [1.82, 2.24) is 4.90 Å². The lowest BCUT2D eigenvalue weighted by atomic mass is 9.83. The predicted molar refractivity (Wildman–Crippen MR) is 282 cm³/mol. The quantitative estimate of drug-likeness (QED) is 0.0375. The maximum absolute atomic E-state index is 12.6. The van der Waals surface area contributed by atoms with Gasteiger partial charge in [0.05, 0.1) is 18.3 Å². The number of nitrogens with zero attached hydrogens (tertiary/aromatic N) is 1. The number of carbonyl (C=O) groups is 1. The number of ether oxygens (including phenoxy) is 2. The van der Waals surface area contributed by atoms with Gasteiger partial charge in [0.25, 0.3) is 0 Å². The number of allylic oxidation sites excluding steroid dienone is 12. The first-order valence-corrected chi connectivity index (χ1v) is 27.4. The highest BCUT2D eigenvalue weighted by Gasteiger charge is 2.36. The van der Waals surface area contributed by atoms with Gasteiger partial charge in [-0.2, -0.15) is 0 Å². The number of rotatable bonds is 49. The minimum atomic E-state index is -0.900. The maximum Gasteiger partial charge on any atom is 0.305 e. The number of aliphatic hydroxyl groups is 1. The molecule has 2 atom stereocenters. The third-order valence-electron chi connectivity index (χ3n) is 12.2. The van der Waals surface area contributed by atoms with Crippen LogP contribution in [0.5, 0.6) is 0 Å². The summed E-state index contributed by atoms with van der Waals surface area (Å²) in [6, 6.07) is 0. The molecule has 5 heteroatoms. The van der Waals surface area contributed by atoms with E-state index in [0.717, 1.165) is 83.6 Å². The van der Waals surface area contributed by atoms with Gasteiger partial charge < -0.3 is 19.5 Å². The lowest BCUT2D eigenvalue weighted by Crippen LogP contribution is -2.45. The van der Waals surface area contributed by atoms with E-state index in [1.165, 1.54) is 141 Å². The predicted octanol–water partition coefficient (Wildman–Crippen LogP) is 17.6. The monoisotopic (exact) mass is 894 g/mol. The molecule has 0 spiro atoms. The van der Waals surface area contributed by atoms with Crippen molar-refractivity contribution < 1.29 is 19.4 Å². The number of unbranched alkanes of at least 4 members (excludes halogenated alkanes) is 22. The molecule has 0 aromatic rings. The molecular weight excluding hydrogens is 787 g/mol. The van der Waals surface area contributed by atoms with Crippen molar-refractivity contribution in [2.24, 2.45) is 0 Å². The average Bonchev–Trinajstić information content (AvgIpc) is 3.28. The maximum atomic E-state index is 12.6. The van der Waals surface area contributed by atoms with Crippen LogP contribution in [-0.2, 0) is 14.3 Å². The summed E-state index contributed by atoms with van der Waals surface area (Å²) in [5.74, 6) is -0.141. The minimum Gasteiger partial charge on any atom is -0.466 e. The van der Waals surface area contributed by atoms with Crippen LogP contribution in [0.25, 0.3) is 0 Å². The van der Waals surface area contributed by atoms with Crippen molar-refractivity contribution in [3.63, 3.8) is 0 Å². The lowest BCUT2D eigenvalue weighted by Gasteiger charge is -2.37. The summed E-state index contributed by atoms with van der Waals surface area (Å²) in [5, 5.41) is 12.5. The summed E-state index contributed by atoms with van der Waals surface area (Å²) in [6.45, 7) is 8.53. The van der Waals surface area contributed by atoms with Gasteiger partial charge in [-0.1, -0.05) is 209 Å². The molecule has 372 valence electrons. The Morgan fingerprint density at radius 1 is 0.469 bits per heavy atom. The molecule has 0 aromatic heterocycles. The van der Waals surface area contributed by atoms with Gasteiger partial charge >= 0.3 is 5.97 Å². The molecule has 0 aliphatic carbocycles. The standard InChI is InChI=1S/C59H107NO4/c1-6-9-12-15-18-21-24-27-30-32-35-38-41-44-47-53-59(62,52-46-43-40-37-34-31-28-25-22-19-16-13-10-7-2)57(51-56-64-58(61)50-49-54-60(4)5)63-55-48-45-42-39-36-33-29-26-23-20-17-14-11-8-3/h13-18,22-27,57,62H,6-12,19-21,28-56H2,1-5H3/b16-13-,17-14-,18-15-,25-22-,26-23-,27-24-. The van der Waals surface area contributed by atoms with Crippen molar-refractivity contribution in [2.75, 3.05) is 33.9 Å². The van der Waals surface area contributed by atoms with Crippen LogP contribution in [0.3, 0.4) is 0 Å². The first-order chi connectivity index (χ1) is 31.4. The Balaban J connectivity index is 5.19. The van der Waals surface area contributed by atoms with Crippen molar-refractivity contribution in [2.45, 2.75) is 264 Å². The Hall–Kier alpha value is -2.21. The van der Waals surface area contributed by atoms with Crippen molar-refractivity contribution in [3.05, 3.63) is 72.9 Å². The molecule has 0 rings (SSSR count). The Labute approximate surface area is 399 Å². The second-order valence-corrected chi connectivity index (χ2v) is 18.9. The minimum absolute atomic E-state index is 0.141. The molecule has 0 saturated carbocycles. The Kier molecular flexibility index (Phi) is 48.5. The third-order valence-corrected chi connectivity index (χ3v) is 12.2. The Morgan fingerprint density at radius 2 is 0.859 bits per heavy atom. The number of hydrogen-bond donors (Lipinski definition) is 1. The van der Waals surface area contributed by atoms with Gasteiger partial charge in [0, 0.05) is 19.4 Å². The van der Waals surface area contributed by atoms with E-state index < -0.39 is 5.60 Å². The molecule has 2 unspecified atom stereocenters. The molecule has 0 saturated heterocycles. The largest absolute Gasteiger partial charge is 0.466 e. The van der Waals surface area contributed by atoms with Crippen LogP contribution in [0.4, 0.5) is 0 Å². The van der Waals surface area contributed by atoms with Crippen LogP contribution in [0.1, 0.15) is 252 Å². The number of hydrogen-bond acceptors (Lipinski definition) is 5. The topological polar surface area (TPSA) is 59.0 Å². The van der Waals surface area contributed by atoms with Crippen LogP contribution in [-0.4, -0.2) is 61.5 Å². The van der Waals surface area contributed by atoms with Gasteiger partial charge in [-0.25, -0.2) is 0 Å². The highest BCUT2D eigenvalue weighted by atomic mass is 16.5. The molecule has 64 heavy (non-hydrogen) atoms. The van der Waals surface area contributed by atoms with Crippen molar-refractivity contribution in [1.29, 1.82) is 0 Å². The molecule has 5 nitrogen and oxygen atoms in total. The molecular formula is C59H107NO4. The molecule has 0 aliphatic heterocycles. The highest BCUT2D eigenvalue weighted by molar-refractivity contribution is 5.69. The molecule has 0 bridgehead atoms. The lowest BCUT2D eigenvalue weighted by molar-refractivity contribution is -0.150. The fourth-order valence-electron chi connectivity index (χ4n) is 8.12. The summed E-state index contributed by atoms with van der Waals surface area (Å²) in [4.78, 5) is 14.7. The van der Waals surface area contributed by atoms with Crippen molar-refractivity contribution >= 4 is 5.97 Å². The second-order valence-electron chi connectivity index (χ2n) is 18.9. The molecule has 0 aliphatic rings. The average molecular weight is 895 g/mol. The van der Waals surface area contributed by atoms with Crippen molar-refractivity contribution in [3.8, 4) is 0 Å². The Morgan fingerprint density at radius 3 is 1.28 bits per heavy atom. The fraction of sp³-hybridized carbons (Fsp3) is 0.780. The first-order valence-electron chi connectivity index (χ1n) is 27.4. The van der Waals surface area contributed by atoms with Gasteiger partial charge in [0.15, 0.2) is 0 Å². The normalized spacial score (nSPS) is 14.0. The van der Waals surface area contributed by atoms with Gasteiger partial charge in [-0.3, -0.25) is 4.79 Å². The first kappa shape index (κ1) is 61.8. The molecule has 0 amide bonds. The zero-order chi connectivity index (χ0) is 46.7. The van der Waals surface area contributed by atoms with Gasteiger partial charge in [0.2, 0.25) is 0 Å². The molecule has 0 heterocycles. The molecule has 0 radical (unpaired) electrons. The summed E-state index contributed by atoms with van der Waals surface area (Å²) in [7, 11) is 4.06. The zero-order valence-electron chi connectivity index (χ0n) is 43.2. The highest BCUT2D eigenvalue weighted by Crippen LogP contribution is 2.31. The SMILES string of the molecule is CCC/C=C\C/C=C\CCCCCCCCOC(CCOC(=O)CCCN(C)C)C(O)(CCCCCCCC/C=C\C/C=C\CCC)CCCCCCCC/C=C\C/C=C\CCCC. The third kappa shape index (κ3) is 45.0. The van der Waals surface area contributed by atoms with Crippen LogP contribution in [0.15, 0.2) is 72.9 Å². The fourth-order valence-corrected chi connectivity index (χ4v) is 8.12. The summed E-state index contributed by atoms with van der Waals surface area (Å²) in [5.41, 5.74) is -0.900. The molecule has 0 fully saturated rings. The van der Waals surface area contributed by atoms with E-state index in [-0.39, 0.29) is 12.1 Å². The second kappa shape index (κ2) is 50.2. The summed E-state index contributed by atoms with van der Waals surface area (Å²) in [6.07, 6.45) is 67.5. The van der Waals surface area contributed by atoms with Crippen LogP contribution in [0.2, 0.25) is 0 Å². The van der Waals surface area contributed by atoms with E-state index in [9.17, 15) is 9.90 Å². The van der Waals surface area contributed by atoms with E-state index in [1.54, 1.807) is 0 Å². The molecule has 1 N–H and O–H groups in total.